The predicted molar refractivity (Wildman–Crippen MR) is 81.8 cm³/mol. The van der Waals surface area contributed by atoms with Gasteiger partial charge in [0.1, 0.15) is 17.3 Å². The fourth-order valence-corrected chi connectivity index (χ4v) is 1.65. The normalized spacial score (nSPS) is 10.7. The maximum absolute atomic E-state index is 5.65. The molecule has 0 radical (unpaired) electrons. The molecule has 0 aliphatic heterocycles. The van der Waals surface area contributed by atoms with Gasteiger partial charge in [0.25, 0.3) is 0 Å². The molecule has 4 nitrogen and oxygen atoms in total. The lowest BCUT2D eigenvalue weighted by Crippen LogP contribution is -2.27. The summed E-state index contributed by atoms with van der Waals surface area (Å²) in [6.07, 6.45) is 0. The molecule has 106 valence electrons. The lowest BCUT2D eigenvalue weighted by atomic mass is 10.2. The molecule has 0 bridgehead atoms. The van der Waals surface area contributed by atoms with Crippen molar-refractivity contribution in [3.63, 3.8) is 0 Å². The fraction of sp³-hybridized carbons (Fsp3) is 0.500. The van der Waals surface area contributed by atoms with E-state index in [1.807, 2.05) is 31.2 Å². The molecular formula is C14H22N2O2S. The highest BCUT2D eigenvalue weighted by atomic mass is 32.1. The molecule has 1 aromatic carbocycles. The summed E-state index contributed by atoms with van der Waals surface area (Å²) in [7, 11) is 2.05. The Labute approximate surface area is 120 Å². The lowest BCUT2D eigenvalue weighted by molar-refractivity contribution is 0.116. The summed E-state index contributed by atoms with van der Waals surface area (Å²) in [6.45, 7) is 5.95. The predicted octanol–water partition coefficient (Wildman–Crippen LogP) is 1.67. The van der Waals surface area contributed by atoms with Crippen LogP contribution in [0.15, 0.2) is 24.3 Å². The Morgan fingerprint density at radius 3 is 2.42 bits per heavy atom. The Bertz CT molecular complexity index is 382. The molecule has 0 aliphatic rings. The summed E-state index contributed by atoms with van der Waals surface area (Å²) in [4.78, 5) is 2.58. The van der Waals surface area contributed by atoms with E-state index in [0.29, 0.717) is 11.6 Å². The van der Waals surface area contributed by atoms with E-state index in [9.17, 15) is 0 Å². The Morgan fingerprint density at radius 1 is 1.21 bits per heavy atom. The summed E-state index contributed by atoms with van der Waals surface area (Å²) in [6, 6.07) is 7.51. The van der Waals surface area contributed by atoms with Crippen LogP contribution in [-0.2, 0) is 4.74 Å². The minimum atomic E-state index is 0.405. The minimum absolute atomic E-state index is 0.405. The molecule has 5 heteroatoms. The van der Waals surface area contributed by atoms with Crippen LogP contribution in [0.25, 0.3) is 0 Å². The van der Waals surface area contributed by atoms with Crippen LogP contribution >= 0.6 is 12.2 Å². The van der Waals surface area contributed by atoms with Crippen molar-refractivity contribution in [2.75, 3.05) is 40.0 Å². The van der Waals surface area contributed by atoms with Crippen molar-refractivity contribution in [2.24, 2.45) is 5.73 Å². The molecular weight excluding hydrogens is 260 g/mol. The number of benzene rings is 1. The molecule has 0 aromatic heterocycles. The average molecular weight is 282 g/mol. The van der Waals surface area contributed by atoms with Gasteiger partial charge in [0, 0.05) is 25.3 Å². The smallest absolute Gasteiger partial charge is 0.119 e. The standard InChI is InChI=1S/C14H22N2O2S/c1-3-17-10-8-16(2)9-11-18-13-6-4-12(5-7-13)14(15)19/h4-7H,3,8-11H2,1-2H3,(H2,15,19). The van der Waals surface area contributed by atoms with Crippen LogP contribution in [0.4, 0.5) is 0 Å². The third kappa shape index (κ3) is 6.52. The number of hydrogen-bond acceptors (Lipinski definition) is 4. The van der Waals surface area contributed by atoms with Gasteiger partial charge in [-0.2, -0.15) is 0 Å². The van der Waals surface area contributed by atoms with Gasteiger partial charge in [-0.15, -0.1) is 0 Å². The zero-order chi connectivity index (χ0) is 14.1. The quantitative estimate of drug-likeness (QED) is 0.551. The molecule has 0 unspecified atom stereocenters. The maximum atomic E-state index is 5.65. The number of likely N-dealkylation sites (N-methyl/N-ethyl adjacent to an activating group) is 1. The first-order chi connectivity index (χ1) is 9.13. The highest BCUT2D eigenvalue weighted by molar-refractivity contribution is 7.80. The SMILES string of the molecule is CCOCCN(C)CCOc1ccc(C(N)=S)cc1. The van der Waals surface area contributed by atoms with E-state index in [2.05, 4.69) is 11.9 Å². The van der Waals surface area contributed by atoms with E-state index < -0.39 is 0 Å². The number of rotatable bonds is 9. The molecule has 1 rings (SSSR count). The highest BCUT2D eigenvalue weighted by Crippen LogP contribution is 2.11. The van der Waals surface area contributed by atoms with E-state index in [1.165, 1.54) is 0 Å². The molecule has 0 amide bonds. The van der Waals surface area contributed by atoms with Crippen molar-refractivity contribution in [1.82, 2.24) is 4.90 Å². The van der Waals surface area contributed by atoms with E-state index in [4.69, 9.17) is 27.4 Å². The second-order valence-electron chi connectivity index (χ2n) is 4.24. The minimum Gasteiger partial charge on any atom is -0.492 e. The van der Waals surface area contributed by atoms with Crippen LogP contribution in [0.3, 0.4) is 0 Å². The zero-order valence-electron chi connectivity index (χ0n) is 11.6. The van der Waals surface area contributed by atoms with E-state index >= 15 is 0 Å². The van der Waals surface area contributed by atoms with E-state index in [0.717, 1.165) is 37.6 Å². The van der Waals surface area contributed by atoms with Crippen molar-refractivity contribution in [1.29, 1.82) is 0 Å². The molecule has 0 atom stereocenters. The topological polar surface area (TPSA) is 47.7 Å². The summed E-state index contributed by atoms with van der Waals surface area (Å²) in [5.41, 5.74) is 6.39. The first-order valence-corrected chi connectivity index (χ1v) is 6.83. The Balaban J connectivity index is 2.23. The van der Waals surface area contributed by atoms with Gasteiger partial charge >= 0.3 is 0 Å². The summed E-state index contributed by atoms with van der Waals surface area (Å²) >= 11 is 4.90. The van der Waals surface area contributed by atoms with Gasteiger partial charge in [-0.1, -0.05) is 12.2 Å². The van der Waals surface area contributed by atoms with Crippen LogP contribution in [-0.4, -0.2) is 49.8 Å². The van der Waals surface area contributed by atoms with E-state index in [-0.39, 0.29) is 0 Å². The first-order valence-electron chi connectivity index (χ1n) is 6.42. The van der Waals surface area contributed by atoms with Gasteiger partial charge in [-0.05, 0) is 38.2 Å². The van der Waals surface area contributed by atoms with Crippen molar-refractivity contribution in [2.45, 2.75) is 6.92 Å². The third-order valence-electron chi connectivity index (χ3n) is 2.70. The molecule has 1 aromatic rings. The van der Waals surface area contributed by atoms with Crippen LogP contribution in [0.2, 0.25) is 0 Å². The Kier molecular flexibility index (Phi) is 7.40. The average Bonchev–Trinajstić information content (AvgIpc) is 2.39. The number of nitrogens with two attached hydrogens (primary N) is 1. The summed E-state index contributed by atoms with van der Waals surface area (Å²) < 4.78 is 10.9. The molecule has 19 heavy (non-hydrogen) atoms. The Hall–Kier alpha value is -1.17. The van der Waals surface area contributed by atoms with Crippen LogP contribution in [0, 0.1) is 0 Å². The molecule has 2 N–H and O–H groups in total. The molecule has 0 spiro atoms. The zero-order valence-corrected chi connectivity index (χ0v) is 12.4. The van der Waals surface area contributed by atoms with Gasteiger partial charge < -0.3 is 20.1 Å². The van der Waals surface area contributed by atoms with Gasteiger partial charge in [0.15, 0.2) is 0 Å². The van der Waals surface area contributed by atoms with Crippen molar-refractivity contribution in [3.8, 4) is 5.75 Å². The third-order valence-corrected chi connectivity index (χ3v) is 2.94. The number of hydrogen-bond donors (Lipinski definition) is 1. The van der Waals surface area contributed by atoms with Crippen LogP contribution < -0.4 is 10.5 Å². The largest absolute Gasteiger partial charge is 0.492 e. The van der Waals surface area contributed by atoms with Gasteiger partial charge in [0.05, 0.1) is 6.61 Å². The van der Waals surface area contributed by atoms with Gasteiger partial charge in [0.2, 0.25) is 0 Å². The fourth-order valence-electron chi connectivity index (χ4n) is 1.51. The molecule has 0 heterocycles. The first kappa shape index (κ1) is 15.9. The maximum Gasteiger partial charge on any atom is 0.119 e. The second-order valence-corrected chi connectivity index (χ2v) is 4.68. The highest BCUT2D eigenvalue weighted by Gasteiger charge is 2.00. The van der Waals surface area contributed by atoms with Gasteiger partial charge in [-0.25, -0.2) is 0 Å². The number of thiocarbonyl (C=S) groups is 1. The van der Waals surface area contributed by atoms with Crippen molar-refractivity contribution in [3.05, 3.63) is 29.8 Å². The molecule has 0 fully saturated rings. The number of nitrogens with zero attached hydrogens (tertiary/aromatic N) is 1. The summed E-state index contributed by atoms with van der Waals surface area (Å²) in [5, 5.41) is 0. The lowest BCUT2D eigenvalue weighted by Gasteiger charge is -2.16. The van der Waals surface area contributed by atoms with Crippen molar-refractivity contribution >= 4 is 17.2 Å². The summed E-state index contributed by atoms with van der Waals surface area (Å²) in [5.74, 6) is 0.832. The molecule has 0 saturated carbocycles. The molecule has 0 aliphatic carbocycles. The number of ether oxygens (including phenoxy) is 2. The monoisotopic (exact) mass is 282 g/mol. The van der Waals surface area contributed by atoms with Gasteiger partial charge in [-0.3, -0.25) is 0 Å². The Morgan fingerprint density at radius 2 is 1.84 bits per heavy atom. The molecule has 0 saturated heterocycles. The van der Waals surface area contributed by atoms with Crippen LogP contribution in [0.1, 0.15) is 12.5 Å². The van der Waals surface area contributed by atoms with Crippen molar-refractivity contribution < 1.29 is 9.47 Å². The second kappa shape index (κ2) is 8.85. The van der Waals surface area contributed by atoms with Crippen LogP contribution in [0.5, 0.6) is 5.75 Å². The van der Waals surface area contributed by atoms with E-state index in [1.54, 1.807) is 0 Å².